The van der Waals surface area contributed by atoms with Gasteiger partial charge in [-0.2, -0.15) is 0 Å². The summed E-state index contributed by atoms with van der Waals surface area (Å²) >= 11 is 0. The standard InChI is InChI=1S/C13H18N2O/c1-9-5-3-4-6-11(9)12-8-16-13(15-12)7-10(2)14/h3-6,10,12H,7-8,14H2,1-2H3. The van der Waals surface area contributed by atoms with Crippen LogP contribution in [0, 0.1) is 6.92 Å². The first kappa shape index (κ1) is 11.1. The number of rotatable bonds is 3. The van der Waals surface area contributed by atoms with Crippen molar-refractivity contribution in [3.63, 3.8) is 0 Å². The fourth-order valence-corrected chi connectivity index (χ4v) is 1.93. The predicted octanol–water partition coefficient (Wildman–Crippen LogP) is 2.20. The van der Waals surface area contributed by atoms with Crippen molar-refractivity contribution in [2.75, 3.05) is 6.61 Å². The second-order valence-corrected chi connectivity index (χ2v) is 4.39. The Bertz CT molecular complexity index is 399. The molecule has 1 aromatic carbocycles. The van der Waals surface area contributed by atoms with E-state index in [0.717, 1.165) is 12.3 Å². The van der Waals surface area contributed by atoms with Crippen LogP contribution in [0.25, 0.3) is 0 Å². The van der Waals surface area contributed by atoms with Crippen molar-refractivity contribution < 1.29 is 4.74 Å². The molecule has 0 aromatic heterocycles. The number of hydrogen-bond donors (Lipinski definition) is 1. The largest absolute Gasteiger partial charge is 0.478 e. The van der Waals surface area contributed by atoms with Crippen LogP contribution in [0.5, 0.6) is 0 Å². The second-order valence-electron chi connectivity index (χ2n) is 4.39. The third kappa shape index (κ3) is 2.42. The van der Waals surface area contributed by atoms with Crippen LogP contribution < -0.4 is 5.73 Å². The third-order valence-corrected chi connectivity index (χ3v) is 2.75. The second kappa shape index (κ2) is 4.66. The van der Waals surface area contributed by atoms with E-state index in [9.17, 15) is 0 Å². The van der Waals surface area contributed by atoms with E-state index in [1.54, 1.807) is 0 Å². The molecule has 0 amide bonds. The average molecular weight is 218 g/mol. The van der Waals surface area contributed by atoms with Crippen molar-refractivity contribution in [2.45, 2.75) is 32.4 Å². The first-order valence-electron chi connectivity index (χ1n) is 5.67. The van der Waals surface area contributed by atoms with Crippen molar-refractivity contribution >= 4 is 5.90 Å². The molecule has 1 aromatic rings. The number of aryl methyl sites for hydroxylation is 1. The molecule has 0 radical (unpaired) electrons. The van der Waals surface area contributed by atoms with Crippen molar-refractivity contribution in [2.24, 2.45) is 10.7 Å². The molecule has 1 aliphatic rings. The zero-order chi connectivity index (χ0) is 11.5. The van der Waals surface area contributed by atoms with Gasteiger partial charge in [-0.05, 0) is 25.0 Å². The van der Waals surface area contributed by atoms with E-state index in [1.807, 2.05) is 19.1 Å². The molecule has 1 aliphatic heterocycles. The lowest BCUT2D eigenvalue weighted by molar-refractivity contribution is 0.309. The minimum atomic E-state index is 0.106. The number of ether oxygens (including phenoxy) is 1. The SMILES string of the molecule is Cc1ccccc1C1COC(CC(C)N)=N1. The van der Waals surface area contributed by atoms with Gasteiger partial charge in [-0.25, -0.2) is 4.99 Å². The van der Waals surface area contributed by atoms with Gasteiger partial charge in [0.15, 0.2) is 5.90 Å². The van der Waals surface area contributed by atoms with Gasteiger partial charge in [-0.15, -0.1) is 0 Å². The van der Waals surface area contributed by atoms with Gasteiger partial charge in [0.1, 0.15) is 12.6 Å². The van der Waals surface area contributed by atoms with Crippen molar-refractivity contribution in [1.29, 1.82) is 0 Å². The Morgan fingerprint density at radius 3 is 2.94 bits per heavy atom. The summed E-state index contributed by atoms with van der Waals surface area (Å²) in [6.07, 6.45) is 0.725. The molecule has 2 rings (SSSR count). The van der Waals surface area contributed by atoms with E-state index in [-0.39, 0.29) is 12.1 Å². The minimum absolute atomic E-state index is 0.106. The first-order chi connectivity index (χ1) is 7.66. The Labute approximate surface area is 96.3 Å². The van der Waals surface area contributed by atoms with Crippen LogP contribution in [0.3, 0.4) is 0 Å². The molecular formula is C13H18N2O. The number of aliphatic imine (C=N–C) groups is 1. The fraction of sp³-hybridized carbons (Fsp3) is 0.462. The molecule has 0 aliphatic carbocycles. The van der Waals surface area contributed by atoms with Crippen LogP contribution in [0.15, 0.2) is 29.3 Å². The van der Waals surface area contributed by atoms with E-state index >= 15 is 0 Å². The number of nitrogens with two attached hydrogens (primary N) is 1. The summed E-state index contributed by atoms with van der Waals surface area (Å²) in [4.78, 5) is 4.57. The number of hydrogen-bond acceptors (Lipinski definition) is 3. The normalized spacial score (nSPS) is 21.4. The molecule has 2 N–H and O–H groups in total. The van der Waals surface area contributed by atoms with Crippen LogP contribution in [0.2, 0.25) is 0 Å². The molecule has 0 saturated carbocycles. The van der Waals surface area contributed by atoms with Gasteiger partial charge >= 0.3 is 0 Å². The van der Waals surface area contributed by atoms with Gasteiger partial charge in [-0.3, -0.25) is 0 Å². The smallest absolute Gasteiger partial charge is 0.185 e. The highest BCUT2D eigenvalue weighted by molar-refractivity contribution is 5.78. The highest BCUT2D eigenvalue weighted by atomic mass is 16.5. The molecule has 3 heteroatoms. The van der Waals surface area contributed by atoms with Crippen LogP contribution in [0.4, 0.5) is 0 Å². The topological polar surface area (TPSA) is 47.6 Å². The van der Waals surface area contributed by atoms with Crippen molar-refractivity contribution in [3.8, 4) is 0 Å². The maximum absolute atomic E-state index is 5.73. The maximum atomic E-state index is 5.73. The molecule has 0 fully saturated rings. The summed E-state index contributed by atoms with van der Waals surface area (Å²) < 4.78 is 5.56. The molecule has 0 saturated heterocycles. The molecular weight excluding hydrogens is 200 g/mol. The predicted molar refractivity (Wildman–Crippen MR) is 65.6 cm³/mol. The minimum Gasteiger partial charge on any atom is -0.478 e. The lowest BCUT2D eigenvalue weighted by atomic mass is 10.0. The van der Waals surface area contributed by atoms with E-state index in [0.29, 0.717) is 6.61 Å². The molecule has 3 nitrogen and oxygen atoms in total. The van der Waals surface area contributed by atoms with Crippen molar-refractivity contribution in [3.05, 3.63) is 35.4 Å². The molecule has 86 valence electrons. The Morgan fingerprint density at radius 1 is 1.50 bits per heavy atom. The fourth-order valence-electron chi connectivity index (χ4n) is 1.93. The lowest BCUT2D eigenvalue weighted by Crippen LogP contribution is -2.19. The van der Waals surface area contributed by atoms with Gasteiger partial charge in [0.05, 0.1) is 0 Å². The van der Waals surface area contributed by atoms with E-state index in [2.05, 4.69) is 24.0 Å². The summed E-state index contributed by atoms with van der Waals surface area (Å²) in [5.41, 5.74) is 8.24. The zero-order valence-corrected chi connectivity index (χ0v) is 9.81. The van der Waals surface area contributed by atoms with E-state index in [1.165, 1.54) is 11.1 Å². The maximum Gasteiger partial charge on any atom is 0.185 e. The molecule has 2 atom stereocenters. The van der Waals surface area contributed by atoms with Gasteiger partial charge in [0.25, 0.3) is 0 Å². The lowest BCUT2D eigenvalue weighted by Gasteiger charge is -2.08. The average Bonchev–Trinajstić information content (AvgIpc) is 2.66. The summed E-state index contributed by atoms with van der Waals surface area (Å²) in [5, 5.41) is 0. The van der Waals surface area contributed by atoms with Crippen molar-refractivity contribution in [1.82, 2.24) is 0 Å². The van der Waals surface area contributed by atoms with E-state index in [4.69, 9.17) is 10.5 Å². The Kier molecular flexibility index (Phi) is 3.25. The molecule has 16 heavy (non-hydrogen) atoms. The van der Waals surface area contributed by atoms with Crippen LogP contribution in [0.1, 0.15) is 30.5 Å². The molecule has 0 bridgehead atoms. The Balaban J connectivity index is 2.13. The molecule has 2 unspecified atom stereocenters. The summed E-state index contributed by atoms with van der Waals surface area (Å²) in [6.45, 7) is 4.72. The van der Waals surface area contributed by atoms with Crippen LogP contribution >= 0.6 is 0 Å². The van der Waals surface area contributed by atoms with E-state index < -0.39 is 0 Å². The number of benzene rings is 1. The summed E-state index contributed by atoms with van der Waals surface area (Å²) in [6, 6.07) is 8.56. The van der Waals surface area contributed by atoms with Gasteiger partial charge in [0, 0.05) is 12.5 Å². The molecule has 1 heterocycles. The monoisotopic (exact) mass is 218 g/mol. The molecule has 0 spiro atoms. The zero-order valence-electron chi connectivity index (χ0n) is 9.81. The van der Waals surface area contributed by atoms with Crippen LogP contribution in [-0.4, -0.2) is 18.5 Å². The summed E-state index contributed by atoms with van der Waals surface area (Å²) in [7, 11) is 0. The van der Waals surface area contributed by atoms with Gasteiger partial charge in [-0.1, -0.05) is 24.3 Å². The number of nitrogens with zero attached hydrogens (tertiary/aromatic N) is 1. The van der Waals surface area contributed by atoms with Gasteiger partial charge < -0.3 is 10.5 Å². The highest BCUT2D eigenvalue weighted by Crippen LogP contribution is 2.26. The van der Waals surface area contributed by atoms with Crippen LogP contribution in [-0.2, 0) is 4.74 Å². The van der Waals surface area contributed by atoms with Gasteiger partial charge in [0.2, 0.25) is 0 Å². The Morgan fingerprint density at radius 2 is 2.25 bits per heavy atom. The Hall–Kier alpha value is -1.35. The highest BCUT2D eigenvalue weighted by Gasteiger charge is 2.21. The quantitative estimate of drug-likeness (QED) is 0.845. The third-order valence-electron chi connectivity index (χ3n) is 2.75. The summed E-state index contributed by atoms with van der Waals surface area (Å²) in [5.74, 6) is 0.795. The first-order valence-corrected chi connectivity index (χ1v) is 5.67.